The molecule has 0 aromatic heterocycles. The molecule has 18 heavy (non-hydrogen) atoms. The molecule has 2 nitrogen and oxygen atoms in total. The van der Waals surface area contributed by atoms with E-state index in [9.17, 15) is 4.39 Å². The third-order valence-corrected chi connectivity index (χ3v) is 6.32. The molecule has 0 amide bonds. The molecule has 0 bridgehead atoms. The molecule has 1 atom stereocenters. The largest absolute Gasteiger partial charge is 0.353 e. The van der Waals surface area contributed by atoms with Gasteiger partial charge in [-0.3, -0.25) is 0 Å². The van der Waals surface area contributed by atoms with Crippen molar-refractivity contribution in [2.24, 2.45) is 0 Å². The molecule has 2 rings (SSSR count). The molecular formula is C13H21FO2S2. The number of thioether (sulfide) groups is 2. The van der Waals surface area contributed by atoms with Gasteiger partial charge in [0, 0.05) is 6.61 Å². The van der Waals surface area contributed by atoms with Crippen LogP contribution in [0.15, 0.2) is 11.4 Å². The molecule has 0 aliphatic carbocycles. The first kappa shape index (κ1) is 14.7. The van der Waals surface area contributed by atoms with E-state index in [1.807, 2.05) is 30.4 Å². The molecule has 2 fully saturated rings. The number of ether oxygens (including phenoxy) is 2. The van der Waals surface area contributed by atoms with Crippen LogP contribution in [0, 0.1) is 0 Å². The van der Waals surface area contributed by atoms with Gasteiger partial charge in [0.05, 0.1) is 4.58 Å². The molecule has 1 unspecified atom stereocenters. The fraction of sp³-hybridized carbons (Fsp3) is 0.846. The van der Waals surface area contributed by atoms with Gasteiger partial charge in [-0.05, 0) is 49.7 Å². The van der Waals surface area contributed by atoms with E-state index in [2.05, 4.69) is 0 Å². The van der Waals surface area contributed by atoms with Gasteiger partial charge in [-0.1, -0.05) is 0 Å². The zero-order valence-corrected chi connectivity index (χ0v) is 12.5. The second-order valence-electron chi connectivity index (χ2n) is 4.62. The van der Waals surface area contributed by atoms with Crippen LogP contribution >= 0.6 is 23.5 Å². The maximum atomic E-state index is 14.0. The van der Waals surface area contributed by atoms with E-state index in [1.54, 1.807) is 0 Å². The maximum Gasteiger partial charge on any atom is 0.158 e. The Hall–Kier alpha value is 0.290. The van der Waals surface area contributed by atoms with Crippen LogP contribution in [0.1, 0.15) is 32.6 Å². The van der Waals surface area contributed by atoms with Crippen molar-refractivity contribution in [2.45, 2.75) is 43.5 Å². The molecule has 0 N–H and O–H groups in total. The van der Waals surface area contributed by atoms with Crippen LogP contribution in [0.2, 0.25) is 0 Å². The number of hydrogen-bond acceptors (Lipinski definition) is 4. The van der Waals surface area contributed by atoms with Gasteiger partial charge in [-0.25, -0.2) is 4.39 Å². The second-order valence-corrected chi connectivity index (χ2v) is 7.35. The topological polar surface area (TPSA) is 18.5 Å². The quantitative estimate of drug-likeness (QED) is 0.780. The predicted molar refractivity (Wildman–Crippen MR) is 76.7 cm³/mol. The first-order valence-corrected chi connectivity index (χ1v) is 8.68. The van der Waals surface area contributed by atoms with Crippen LogP contribution in [0.5, 0.6) is 0 Å². The Kier molecular flexibility index (Phi) is 6.35. The monoisotopic (exact) mass is 292 g/mol. The summed E-state index contributed by atoms with van der Waals surface area (Å²) < 4.78 is 25.2. The first-order valence-electron chi connectivity index (χ1n) is 6.59. The first-order chi connectivity index (χ1) is 8.77. The summed E-state index contributed by atoms with van der Waals surface area (Å²) >= 11 is 3.68. The molecule has 2 aliphatic heterocycles. The van der Waals surface area contributed by atoms with Crippen molar-refractivity contribution >= 4 is 23.5 Å². The van der Waals surface area contributed by atoms with E-state index >= 15 is 0 Å². The van der Waals surface area contributed by atoms with Gasteiger partial charge in [0.15, 0.2) is 6.29 Å². The highest BCUT2D eigenvalue weighted by molar-refractivity contribution is 8.17. The number of hydrogen-bond donors (Lipinski definition) is 0. The Morgan fingerprint density at radius 3 is 2.72 bits per heavy atom. The minimum absolute atomic E-state index is 0.0636. The molecular weight excluding hydrogens is 271 g/mol. The highest BCUT2D eigenvalue weighted by Crippen LogP contribution is 2.37. The maximum absolute atomic E-state index is 14.0. The standard InChI is InChI=1S/C13H21FO2S2/c1-10(13-17-7-4-8-18-13)11(14)9-16-12-5-2-3-6-15-12/h12-13H,2-9H2,1H3. The lowest BCUT2D eigenvalue weighted by molar-refractivity contribution is -0.159. The Morgan fingerprint density at radius 1 is 1.28 bits per heavy atom. The van der Waals surface area contributed by atoms with Crippen LogP contribution < -0.4 is 0 Å². The molecule has 0 saturated carbocycles. The van der Waals surface area contributed by atoms with Gasteiger partial charge in [0.2, 0.25) is 0 Å². The van der Waals surface area contributed by atoms with E-state index < -0.39 is 0 Å². The van der Waals surface area contributed by atoms with Crippen LogP contribution in [0.25, 0.3) is 0 Å². The van der Waals surface area contributed by atoms with Crippen LogP contribution in [0.4, 0.5) is 4.39 Å². The summed E-state index contributed by atoms with van der Waals surface area (Å²) in [6.07, 6.45) is 4.12. The molecule has 5 heteroatoms. The summed E-state index contributed by atoms with van der Waals surface area (Å²) in [6, 6.07) is 0. The lowest BCUT2D eigenvalue weighted by Gasteiger charge is -2.24. The number of rotatable bonds is 4. The zero-order valence-electron chi connectivity index (χ0n) is 10.8. The molecule has 0 spiro atoms. The minimum atomic E-state index is -0.205. The SMILES string of the molecule is CC(=C(F)COC1CCCCO1)C1SCCCS1. The summed E-state index contributed by atoms with van der Waals surface area (Å²) in [5, 5.41) is 0. The van der Waals surface area contributed by atoms with Crippen molar-refractivity contribution in [1.82, 2.24) is 0 Å². The van der Waals surface area contributed by atoms with Crippen molar-refractivity contribution in [3.05, 3.63) is 11.4 Å². The van der Waals surface area contributed by atoms with Crippen molar-refractivity contribution in [3.8, 4) is 0 Å². The lowest BCUT2D eigenvalue weighted by atomic mass is 10.2. The van der Waals surface area contributed by atoms with Gasteiger partial charge in [0.25, 0.3) is 0 Å². The third-order valence-electron chi connectivity index (χ3n) is 3.14. The predicted octanol–water partition coefficient (Wildman–Crippen LogP) is 3.97. The van der Waals surface area contributed by atoms with Crippen molar-refractivity contribution < 1.29 is 13.9 Å². The van der Waals surface area contributed by atoms with Crippen molar-refractivity contribution in [2.75, 3.05) is 24.7 Å². The Balaban J connectivity index is 1.78. The fourth-order valence-electron chi connectivity index (χ4n) is 1.99. The fourth-order valence-corrected chi connectivity index (χ4v) is 4.94. The summed E-state index contributed by atoms with van der Waals surface area (Å²) in [7, 11) is 0. The molecule has 104 valence electrons. The van der Waals surface area contributed by atoms with E-state index in [1.165, 1.54) is 6.42 Å². The lowest BCUT2D eigenvalue weighted by Crippen LogP contribution is -2.23. The van der Waals surface area contributed by atoms with E-state index in [0.717, 1.165) is 42.9 Å². The molecule has 2 aliphatic rings. The highest BCUT2D eigenvalue weighted by Gasteiger charge is 2.21. The Morgan fingerprint density at radius 2 is 2.06 bits per heavy atom. The van der Waals surface area contributed by atoms with Crippen molar-refractivity contribution in [1.29, 1.82) is 0 Å². The van der Waals surface area contributed by atoms with Gasteiger partial charge < -0.3 is 9.47 Å². The van der Waals surface area contributed by atoms with Gasteiger partial charge in [0.1, 0.15) is 12.4 Å². The number of halogens is 1. The van der Waals surface area contributed by atoms with Crippen LogP contribution in [-0.2, 0) is 9.47 Å². The molecule has 2 saturated heterocycles. The molecule has 0 radical (unpaired) electrons. The van der Waals surface area contributed by atoms with Crippen molar-refractivity contribution in [3.63, 3.8) is 0 Å². The molecule has 0 aromatic carbocycles. The van der Waals surface area contributed by atoms with E-state index in [-0.39, 0.29) is 23.3 Å². The van der Waals surface area contributed by atoms with Gasteiger partial charge in [-0.15, -0.1) is 23.5 Å². The molecule has 2 heterocycles. The van der Waals surface area contributed by atoms with Crippen LogP contribution in [-0.4, -0.2) is 35.6 Å². The summed E-state index contributed by atoms with van der Waals surface area (Å²) in [5.41, 5.74) is 0.834. The molecule has 0 aromatic rings. The Labute approximate surface area is 117 Å². The summed E-state index contributed by atoms with van der Waals surface area (Å²) in [4.78, 5) is 0. The summed E-state index contributed by atoms with van der Waals surface area (Å²) in [6.45, 7) is 2.69. The average Bonchev–Trinajstić information content (AvgIpc) is 2.46. The normalized spacial score (nSPS) is 28.0. The zero-order chi connectivity index (χ0) is 12.8. The second kappa shape index (κ2) is 7.78. The summed E-state index contributed by atoms with van der Waals surface area (Å²) in [5.74, 6) is 2.15. The Bertz CT molecular complexity index is 285. The minimum Gasteiger partial charge on any atom is -0.353 e. The smallest absolute Gasteiger partial charge is 0.158 e. The van der Waals surface area contributed by atoms with E-state index in [0.29, 0.717) is 0 Å². The third kappa shape index (κ3) is 4.44. The highest BCUT2D eigenvalue weighted by atomic mass is 32.2. The van der Waals surface area contributed by atoms with E-state index in [4.69, 9.17) is 9.47 Å². The van der Waals surface area contributed by atoms with Gasteiger partial charge in [-0.2, -0.15) is 0 Å². The van der Waals surface area contributed by atoms with Crippen LogP contribution in [0.3, 0.4) is 0 Å². The average molecular weight is 292 g/mol. The van der Waals surface area contributed by atoms with Gasteiger partial charge >= 0.3 is 0 Å².